The van der Waals surface area contributed by atoms with Crippen LogP contribution in [-0.2, 0) is 0 Å². The molecule has 0 saturated heterocycles. The van der Waals surface area contributed by atoms with Crippen molar-refractivity contribution in [3.8, 4) is 78.8 Å². The fraction of sp³-hybridized carbons (Fsp3) is 0. The summed E-state index contributed by atoms with van der Waals surface area (Å²) in [6.45, 7) is 0. The number of hydrogen-bond acceptors (Lipinski definition) is 4. The highest BCUT2D eigenvalue weighted by Gasteiger charge is 2.15. The van der Waals surface area contributed by atoms with Gasteiger partial charge in [-0.15, -0.1) is 0 Å². The van der Waals surface area contributed by atoms with Crippen LogP contribution < -0.4 is 0 Å². The molecule has 4 nitrogen and oxygen atoms in total. The zero-order chi connectivity index (χ0) is 32.1. The molecule has 4 heteroatoms. The van der Waals surface area contributed by atoms with Crippen molar-refractivity contribution in [3.05, 3.63) is 182 Å². The maximum Gasteiger partial charge on any atom is 0.164 e. The minimum atomic E-state index is 0.625. The van der Waals surface area contributed by atoms with E-state index in [4.69, 9.17) is 15.0 Å². The molecule has 0 aliphatic carbocycles. The van der Waals surface area contributed by atoms with Gasteiger partial charge in [-0.05, 0) is 63.7 Å². The topological polar surface area (TPSA) is 51.6 Å². The van der Waals surface area contributed by atoms with E-state index in [1.54, 1.807) is 0 Å². The molecule has 2 heterocycles. The van der Waals surface area contributed by atoms with Crippen LogP contribution >= 0.6 is 0 Å². The maximum atomic E-state index is 5.03. The molecule has 0 fully saturated rings. The van der Waals surface area contributed by atoms with Crippen molar-refractivity contribution >= 4 is 0 Å². The van der Waals surface area contributed by atoms with E-state index in [0.717, 1.165) is 55.8 Å². The second-order valence-corrected chi connectivity index (χ2v) is 11.6. The summed E-state index contributed by atoms with van der Waals surface area (Å²) in [6.07, 6.45) is 1.88. The molecule has 0 saturated carbocycles. The molecule has 0 aliphatic heterocycles. The first-order valence-corrected chi connectivity index (χ1v) is 16.0. The molecule has 0 N–H and O–H groups in total. The summed E-state index contributed by atoms with van der Waals surface area (Å²) in [5, 5.41) is 0. The Morgan fingerprint density at radius 2 is 0.625 bits per heavy atom. The fourth-order valence-electron chi connectivity index (χ4n) is 5.89. The van der Waals surface area contributed by atoms with Gasteiger partial charge in [0.2, 0.25) is 0 Å². The summed E-state index contributed by atoms with van der Waals surface area (Å²) >= 11 is 0. The average molecular weight is 615 g/mol. The van der Waals surface area contributed by atoms with E-state index in [1.165, 1.54) is 5.56 Å². The van der Waals surface area contributed by atoms with E-state index in [1.807, 2.05) is 79.0 Å². The van der Waals surface area contributed by atoms with Gasteiger partial charge in [-0.25, -0.2) is 15.0 Å². The Kier molecular flexibility index (Phi) is 7.87. The molecule has 6 aromatic carbocycles. The number of nitrogens with zero attached hydrogens (tertiary/aromatic N) is 4. The van der Waals surface area contributed by atoms with E-state index < -0.39 is 0 Å². The first-order valence-electron chi connectivity index (χ1n) is 16.0. The number of benzene rings is 6. The van der Waals surface area contributed by atoms with Crippen molar-refractivity contribution < 1.29 is 0 Å². The molecule has 0 atom stereocenters. The summed E-state index contributed by atoms with van der Waals surface area (Å²) in [6, 6.07) is 60.4. The van der Waals surface area contributed by atoms with E-state index in [9.17, 15) is 0 Å². The fourth-order valence-corrected chi connectivity index (χ4v) is 5.89. The van der Waals surface area contributed by atoms with Crippen LogP contribution in [0.4, 0.5) is 0 Å². The van der Waals surface area contributed by atoms with E-state index in [2.05, 4.69) is 108 Å². The summed E-state index contributed by atoms with van der Waals surface area (Å²) in [4.78, 5) is 19.6. The molecule has 226 valence electrons. The third-order valence-electron chi connectivity index (χ3n) is 8.38. The third-order valence-corrected chi connectivity index (χ3v) is 8.38. The Bertz CT molecular complexity index is 2250. The molecule has 48 heavy (non-hydrogen) atoms. The Morgan fingerprint density at radius 1 is 0.250 bits per heavy atom. The molecule has 8 rings (SSSR count). The van der Waals surface area contributed by atoms with Gasteiger partial charge >= 0.3 is 0 Å². The van der Waals surface area contributed by atoms with E-state index in [0.29, 0.717) is 17.5 Å². The quantitative estimate of drug-likeness (QED) is 0.179. The van der Waals surface area contributed by atoms with Crippen LogP contribution in [0.15, 0.2) is 182 Å². The lowest BCUT2D eigenvalue weighted by Gasteiger charge is -2.13. The lowest BCUT2D eigenvalue weighted by molar-refractivity contribution is 1.07. The number of aromatic nitrogens is 4. The van der Waals surface area contributed by atoms with Crippen LogP contribution in [0.25, 0.3) is 78.8 Å². The molecular formula is C44H30N4. The lowest BCUT2D eigenvalue weighted by atomic mass is 9.95. The summed E-state index contributed by atoms with van der Waals surface area (Å²) < 4.78 is 0. The normalized spacial score (nSPS) is 10.9. The second kappa shape index (κ2) is 13.1. The van der Waals surface area contributed by atoms with Crippen LogP contribution in [0, 0.1) is 0 Å². The Balaban J connectivity index is 1.23. The minimum Gasteiger partial charge on any atom is -0.256 e. The highest BCUT2D eigenvalue weighted by molar-refractivity contribution is 5.81. The standard InChI is InChI=1S/C44H30N4/c1-5-13-31(14-6-1)37-25-26-45-41(30-37)34-23-21-33(22-24-34)39-27-38(32-15-7-2-8-16-32)28-40(29-39)44-47-42(35-17-9-3-10-18-35)46-43(48-44)36-19-11-4-12-20-36/h1-30H. The number of pyridine rings is 1. The number of rotatable bonds is 7. The largest absolute Gasteiger partial charge is 0.256 e. The van der Waals surface area contributed by atoms with Gasteiger partial charge in [0.05, 0.1) is 5.69 Å². The molecule has 0 unspecified atom stereocenters. The molecule has 8 aromatic rings. The van der Waals surface area contributed by atoms with Gasteiger partial charge in [0.1, 0.15) is 0 Å². The van der Waals surface area contributed by atoms with Gasteiger partial charge in [-0.3, -0.25) is 4.98 Å². The van der Waals surface area contributed by atoms with Crippen LogP contribution in [-0.4, -0.2) is 19.9 Å². The van der Waals surface area contributed by atoms with Crippen molar-refractivity contribution in [1.82, 2.24) is 19.9 Å². The van der Waals surface area contributed by atoms with Gasteiger partial charge in [0.25, 0.3) is 0 Å². The molecular weight excluding hydrogens is 585 g/mol. The zero-order valence-electron chi connectivity index (χ0n) is 26.1. The average Bonchev–Trinajstić information content (AvgIpc) is 3.19. The summed E-state index contributed by atoms with van der Waals surface area (Å²) in [7, 11) is 0. The summed E-state index contributed by atoms with van der Waals surface area (Å²) in [5.41, 5.74) is 11.5. The molecule has 0 bridgehead atoms. The third kappa shape index (κ3) is 6.15. The van der Waals surface area contributed by atoms with Gasteiger partial charge in [0, 0.05) is 28.5 Å². The van der Waals surface area contributed by atoms with Crippen LogP contribution in [0.2, 0.25) is 0 Å². The van der Waals surface area contributed by atoms with Crippen molar-refractivity contribution in [2.75, 3.05) is 0 Å². The van der Waals surface area contributed by atoms with Gasteiger partial charge in [-0.1, -0.05) is 146 Å². The molecule has 0 radical (unpaired) electrons. The molecule has 0 amide bonds. The first kappa shape index (κ1) is 28.9. The Morgan fingerprint density at radius 3 is 1.12 bits per heavy atom. The SMILES string of the molecule is c1ccc(-c2cc(-c3ccc(-c4cc(-c5ccccc5)ccn4)cc3)cc(-c3nc(-c4ccccc4)nc(-c4ccccc4)n3)c2)cc1. The monoisotopic (exact) mass is 614 g/mol. The lowest BCUT2D eigenvalue weighted by Crippen LogP contribution is -2.00. The van der Waals surface area contributed by atoms with Crippen molar-refractivity contribution in [1.29, 1.82) is 0 Å². The molecule has 0 aliphatic rings. The first-order chi connectivity index (χ1) is 23.8. The predicted molar refractivity (Wildman–Crippen MR) is 196 cm³/mol. The van der Waals surface area contributed by atoms with Crippen LogP contribution in [0.3, 0.4) is 0 Å². The Labute approximate surface area is 280 Å². The minimum absolute atomic E-state index is 0.625. The highest BCUT2D eigenvalue weighted by Crippen LogP contribution is 2.34. The maximum absolute atomic E-state index is 5.03. The van der Waals surface area contributed by atoms with Crippen molar-refractivity contribution in [2.24, 2.45) is 0 Å². The summed E-state index contributed by atoms with van der Waals surface area (Å²) in [5.74, 6) is 1.90. The van der Waals surface area contributed by atoms with Crippen LogP contribution in [0.5, 0.6) is 0 Å². The van der Waals surface area contributed by atoms with E-state index in [-0.39, 0.29) is 0 Å². The van der Waals surface area contributed by atoms with Crippen LogP contribution in [0.1, 0.15) is 0 Å². The highest BCUT2D eigenvalue weighted by atomic mass is 15.0. The van der Waals surface area contributed by atoms with E-state index >= 15 is 0 Å². The molecule has 0 spiro atoms. The Hall–Kier alpha value is -6.52. The van der Waals surface area contributed by atoms with Gasteiger partial charge in [-0.2, -0.15) is 0 Å². The zero-order valence-corrected chi connectivity index (χ0v) is 26.1. The van der Waals surface area contributed by atoms with Gasteiger partial charge in [0.15, 0.2) is 17.5 Å². The second-order valence-electron chi connectivity index (χ2n) is 11.6. The van der Waals surface area contributed by atoms with Gasteiger partial charge < -0.3 is 0 Å². The van der Waals surface area contributed by atoms with Crippen molar-refractivity contribution in [2.45, 2.75) is 0 Å². The predicted octanol–water partition coefficient (Wildman–Crippen LogP) is 10.9. The number of hydrogen-bond donors (Lipinski definition) is 0. The van der Waals surface area contributed by atoms with Crippen molar-refractivity contribution in [3.63, 3.8) is 0 Å². The molecule has 2 aromatic heterocycles. The smallest absolute Gasteiger partial charge is 0.164 e.